The molecule has 1 fully saturated rings. The van der Waals surface area contributed by atoms with Crippen molar-refractivity contribution in [2.75, 3.05) is 0 Å². The maximum atomic E-state index is 11.5. The summed E-state index contributed by atoms with van der Waals surface area (Å²) in [5.74, 6) is 0. The number of hydrogen-bond acceptors (Lipinski definition) is 2. The van der Waals surface area contributed by atoms with E-state index in [0.29, 0.717) is 12.6 Å². The zero-order valence-electron chi connectivity index (χ0n) is 10.5. The predicted molar refractivity (Wildman–Crippen MR) is 72.0 cm³/mol. The fourth-order valence-electron chi connectivity index (χ4n) is 1.82. The molecule has 0 spiro atoms. The quantitative estimate of drug-likeness (QED) is 0.876. The molecule has 1 aliphatic carbocycles. The van der Waals surface area contributed by atoms with E-state index in [4.69, 9.17) is 0 Å². The van der Waals surface area contributed by atoms with Gasteiger partial charge in [-0.3, -0.25) is 0 Å². The minimum Gasteiger partial charge on any atom is -0.335 e. The van der Waals surface area contributed by atoms with Crippen molar-refractivity contribution in [3.63, 3.8) is 0 Å². The van der Waals surface area contributed by atoms with E-state index in [1.165, 1.54) is 0 Å². The molecule has 0 saturated heterocycles. The molecule has 19 heavy (non-hydrogen) atoms. The van der Waals surface area contributed by atoms with E-state index in [0.717, 1.165) is 24.1 Å². The Labute approximate surface area is 111 Å². The molecule has 3 rings (SSSR count). The number of hydrogen-bond donors (Lipinski definition) is 2. The Morgan fingerprint density at radius 1 is 1.32 bits per heavy atom. The highest BCUT2D eigenvalue weighted by Gasteiger charge is 2.22. The number of aromatic nitrogens is 2. The van der Waals surface area contributed by atoms with Gasteiger partial charge in [0.05, 0.1) is 11.9 Å². The van der Waals surface area contributed by atoms with E-state index in [1.807, 2.05) is 36.5 Å². The topological polar surface area (TPSA) is 59.0 Å². The SMILES string of the molecule is O=C(NCc1cnn(-c2ccccc2)c1)NC1CC1. The van der Waals surface area contributed by atoms with Gasteiger partial charge in [-0.2, -0.15) is 5.10 Å². The van der Waals surface area contributed by atoms with Crippen LogP contribution in [0.3, 0.4) is 0 Å². The second-order valence-corrected chi connectivity index (χ2v) is 4.73. The molecule has 0 unspecified atom stereocenters. The summed E-state index contributed by atoms with van der Waals surface area (Å²) in [6.45, 7) is 0.491. The molecule has 0 bridgehead atoms. The average molecular weight is 256 g/mol. The lowest BCUT2D eigenvalue weighted by atomic mass is 10.3. The minimum absolute atomic E-state index is 0.102. The summed E-state index contributed by atoms with van der Waals surface area (Å²) in [5.41, 5.74) is 1.99. The molecule has 0 radical (unpaired) electrons. The number of amides is 2. The van der Waals surface area contributed by atoms with E-state index in [9.17, 15) is 4.79 Å². The first kappa shape index (κ1) is 11.8. The number of carbonyl (C=O) groups excluding carboxylic acids is 1. The van der Waals surface area contributed by atoms with Gasteiger partial charge in [-0.1, -0.05) is 18.2 Å². The van der Waals surface area contributed by atoms with Crippen LogP contribution in [-0.2, 0) is 6.54 Å². The van der Waals surface area contributed by atoms with Crippen LogP contribution in [0.4, 0.5) is 4.79 Å². The molecule has 0 aliphatic heterocycles. The predicted octanol–water partition coefficient (Wildman–Crippen LogP) is 1.83. The molecular formula is C14H16N4O. The van der Waals surface area contributed by atoms with Crippen LogP contribution in [0.25, 0.3) is 5.69 Å². The first-order valence-electron chi connectivity index (χ1n) is 6.44. The van der Waals surface area contributed by atoms with Gasteiger partial charge in [0.15, 0.2) is 0 Å². The van der Waals surface area contributed by atoms with E-state index < -0.39 is 0 Å². The van der Waals surface area contributed by atoms with Gasteiger partial charge in [-0.25, -0.2) is 9.48 Å². The van der Waals surface area contributed by atoms with Crippen molar-refractivity contribution in [2.24, 2.45) is 0 Å². The molecule has 1 aromatic carbocycles. The zero-order chi connectivity index (χ0) is 13.1. The smallest absolute Gasteiger partial charge is 0.315 e. The molecule has 0 atom stereocenters. The lowest BCUT2D eigenvalue weighted by molar-refractivity contribution is 0.240. The summed E-state index contributed by atoms with van der Waals surface area (Å²) in [5, 5.41) is 10.00. The number of para-hydroxylation sites is 1. The van der Waals surface area contributed by atoms with Gasteiger partial charge < -0.3 is 10.6 Å². The molecule has 1 aliphatic rings. The van der Waals surface area contributed by atoms with Crippen LogP contribution < -0.4 is 10.6 Å². The second-order valence-electron chi connectivity index (χ2n) is 4.73. The highest BCUT2D eigenvalue weighted by molar-refractivity contribution is 5.74. The number of urea groups is 1. The molecule has 1 aromatic heterocycles. The summed E-state index contributed by atoms with van der Waals surface area (Å²) < 4.78 is 1.80. The Hall–Kier alpha value is -2.30. The first-order valence-corrected chi connectivity index (χ1v) is 6.44. The van der Waals surface area contributed by atoms with Gasteiger partial charge in [0, 0.05) is 24.3 Å². The van der Waals surface area contributed by atoms with Crippen LogP contribution in [0.5, 0.6) is 0 Å². The third-order valence-corrected chi connectivity index (χ3v) is 3.02. The largest absolute Gasteiger partial charge is 0.335 e. The van der Waals surface area contributed by atoms with Crippen molar-refractivity contribution >= 4 is 6.03 Å². The standard InChI is InChI=1S/C14H16N4O/c19-14(17-12-6-7-12)15-8-11-9-16-18(10-11)13-4-2-1-3-5-13/h1-5,9-10,12H,6-8H2,(H2,15,17,19). The number of rotatable bonds is 4. The van der Waals surface area contributed by atoms with E-state index in [1.54, 1.807) is 10.9 Å². The highest BCUT2D eigenvalue weighted by Crippen LogP contribution is 2.18. The summed E-state index contributed by atoms with van der Waals surface area (Å²) >= 11 is 0. The molecule has 98 valence electrons. The van der Waals surface area contributed by atoms with E-state index in [2.05, 4.69) is 15.7 Å². The number of benzene rings is 1. The summed E-state index contributed by atoms with van der Waals surface area (Å²) in [4.78, 5) is 11.5. The van der Waals surface area contributed by atoms with Crippen LogP contribution in [-0.4, -0.2) is 21.9 Å². The maximum absolute atomic E-state index is 11.5. The fraction of sp³-hybridized carbons (Fsp3) is 0.286. The van der Waals surface area contributed by atoms with Gasteiger partial charge in [0.25, 0.3) is 0 Å². The lowest BCUT2D eigenvalue weighted by Crippen LogP contribution is -2.36. The number of nitrogens with zero attached hydrogens (tertiary/aromatic N) is 2. The van der Waals surface area contributed by atoms with Crippen LogP contribution in [0.15, 0.2) is 42.7 Å². The average Bonchev–Trinajstić information content (AvgIpc) is 3.12. The minimum atomic E-state index is -0.102. The van der Waals surface area contributed by atoms with Gasteiger partial charge in [-0.05, 0) is 25.0 Å². The van der Waals surface area contributed by atoms with E-state index in [-0.39, 0.29) is 6.03 Å². The van der Waals surface area contributed by atoms with Crippen molar-refractivity contribution in [2.45, 2.75) is 25.4 Å². The van der Waals surface area contributed by atoms with Crippen molar-refractivity contribution < 1.29 is 4.79 Å². The van der Waals surface area contributed by atoms with Crippen molar-refractivity contribution in [1.29, 1.82) is 0 Å². The van der Waals surface area contributed by atoms with Crippen LogP contribution >= 0.6 is 0 Å². The van der Waals surface area contributed by atoms with Gasteiger partial charge in [0.1, 0.15) is 0 Å². The van der Waals surface area contributed by atoms with Crippen LogP contribution in [0, 0.1) is 0 Å². The molecule has 2 amide bonds. The molecule has 5 heteroatoms. The summed E-state index contributed by atoms with van der Waals surface area (Å²) in [6.07, 6.45) is 5.88. The molecular weight excluding hydrogens is 240 g/mol. The van der Waals surface area contributed by atoms with Gasteiger partial charge in [-0.15, -0.1) is 0 Å². The molecule has 5 nitrogen and oxygen atoms in total. The Bertz CT molecular complexity index is 560. The maximum Gasteiger partial charge on any atom is 0.315 e. The van der Waals surface area contributed by atoms with Crippen molar-refractivity contribution in [3.8, 4) is 5.69 Å². The second kappa shape index (κ2) is 5.14. The number of nitrogens with one attached hydrogen (secondary N) is 2. The Kier molecular flexibility index (Phi) is 3.18. The van der Waals surface area contributed by atoms with Crippen LogP contribution in [0.1, 0.15) is 18.4 Å². The monoisotopic (exact) mass is 256 g/mol. The van der Waals surface area contributed by atoms with Gasteiger partial charge >= 0.3 is 6.03 Å². The third-order valence-electron chi connectivity index (χ3n) is 3.02. The van der Waals surface area contributed by atoms with Crippen molar-refractivity contribution in [3.05, 3.63) is 48.3 Å². The molecule has 2 aromatic rings. The van der Waals surface area contributed by atoms with E-state index >= 15 is 0 Å². The summed E-state index contributed by atoms with van der Waals surface area (Å²) in [7, 11) is 0. The zero-order valence-corrected chi connectivity index (χ0v) is 10.5. The molecule has 1 heterocycles. The molecule has 1 saturated carbocycles. The fourth-order valence-corrected chi connectivity index (χ4v) is 1.82. The lowest BCUT2D eigenvalue weighted by Gasteiger charge is -2.04. The molecule has 2 N–H and O–H groups in total. The third kappa shape index (κ3) is 3.13. The van der Waals surface area contributed by atoms with Gasteiger partial charge in [0.2, 0.25) is 0 Å². The highest BCUT2D eigenvalue weighted by atomic mass is 16.2. The normalized spacial score (nSPS) is 14.1. The Balaban J connectivity index is 1.57. The Morgan fingerprint density at radius 2 is 2.11 bits per heavy atom. The Morgan fingerprint density at radius 3 is 2.84 bits per heavy atom. The van der Waals surface area contributed by atoms with Crippen LogP contribution in [0.2, 0.25) is 0 Å². The summed E-state index contributed by atoms with van der Waals surface area (Å²) in [6, 6.07) is 10.2. The van der Waals surface area contributed by atoms with Crippen molar-refractivity contribution in [1.82, 2.24) is 20.4 Å². The first-order chi connectivity index (χ1) is 9.31. The number of carbonyl (C=O) groups is 1.